The van der Waals surface area contributed by atoms with Crippen LogP contribution in [0.25, 0.3) is 6.08 Å². The highest BCUT2D eigenvalue weighted by atomic mass is 35.5. The maximum absolute atomic E-state index is 12.8. The van der Waals surface area contributed by atoms with Gasteiger partial charge in [-0.05, 0) is 30.7 Å². The van der Waals surface area contributed by atoms with Crippen LogP contribution >= 0.6 is 11.6 Å². The number of hydrogen-bond donors (Lipinski definition) is 0. The van der Waals surface area contributed by atoms with E-state index >= 15 is 0 Å². The molecular weight excluding hydrogens is 374 g/mol. The molecule has 0 saturated carbocycles. The van der Waals surface area contributed by atoms with Crippen LogP contribution in [0.2, 0.25) is 5.15 Å². The Hall–Kier alpha value is -3.36. The third-order valence-corrected chi connectivity index (χ3v) is 4.69. The van der Waals surface area contributed by atoms with Crippen molar-refractivity contribution in [2.24, 2.45) is 0 Å². The van der Waals surface area contributed by atoms with Gasteiger partial charge < -0.3 is 4.74 Å². The summed E-state index contributed by atoms with van der Waals surface area (Å²) in [5.41, 5.74) is 2.53. The van der Waals surface area contributed by atoms with Gasteiger partial charge in [0.05, 0.1) is 24.9 Å². The first-order valence-electron chi connectivity index (χ1n) is 8.61. The van der Waals surface area contributed by atoms with Crippen molar-refractivity contribution in [3.05, 3.63) is 87.7 Å². The number of nitrogens with zero attached hydrogens (tertiary/aromatic N) is 3. The lowest BCUT2D eigenvalue weighted by Gasteiger charge is -2.06. The van der Waals surface area contributed by atoms with Crippen molar-refractivity contribution in [2.75, 3.05) is 7.11 Å². The highest BCUT2D eigenvalue weighted by Crippen LogP contribution is 2.26. The van der Waals surface area contributed by atoms with Crippen molar-refractivity contribution in [1.82, 2.24) is 9.78 Å². The average Bonchev–Trinajstić information content (AvgIpc) is 2.99. The number of aromatic nitrogens is 2. The molecule has 0 amide bonds. The number of nitriles is 1. The minimum Gasteiger partial charge on any atom is -0.496 e. The van der Waals surface area contributed by atoms with Gasteiger partial charge in [-0.1, -0.05) is 54.1 Å². The first-order valence-corrected chi connectivity index (χ1v) is 8.99. The summed E-state index contributed by atoms with van der Waals surface area (Å²) < 4.78 is 6.88. The number of halogens is 1. The van der Waals surface area contributed by atoms with Crippen LogP contribution in [0.4, 0.5) is 0 Å². The molecule has 0 saturated heterocycles. The monoisotopic (exact) mass is 391 g/mol. The third-order valence-electron chi connectivity index (χ3n) is 4.29. The van der Waals surface area contributed by atoms with Crippen LogP contribution in [-0.2, 0) is 6.54 Å². The number of ketones is 1. The molecule has 1 aromatic heterocycles. The van der Waals surface area contributed by atoms with E-state index in [9.17, 15) is 10.1 Å². The predicted octanol–water partition coefficient (Wildman–Crippen LogP) is 4.69. The van der Waals surface area contributed by atoms with Crippen LogP contribution in [0.15, 0.2) is 60.2 Å². The van der Waals surface area contributed by atoms with Gasteiger partial charge in [-0.3, -0.25) is 4.79 Å². The molecule has 0 spiro atoms. The van der Waals surface area contributed by atoms with Crippen LogP contribution in [0.5, 0.6) is 5.75 Å². The quantitative estimate of drug-likeness (QED) is 0.347. The Bertz CT molecular complexity index is 1080. The Morgan fingerprint density at radius 3 is 2.57 bits per heavy atom. The van der Waals surface area contributed by atoms with Crippen LogP contribution in [-0.4, -0.2) is 22.7 Å². The van der Waals surface area contributed by atoms with Gasteiger partial charge in [0.1, 0.15) is 22.5 Å². The summed E-state index contributed by atoms with van der Waals surface area (Å²) in [5, 5.41) is 14.4. The van der Waals surface area contributed by atoms with Gasteiger partial charge in [0.15, 0.2) is 0 Å². The van der Waals surface area contributed by atoms with E-state index in [2.05, 4.69) is 5.10 Å². The van der Waals surface area contributed by atoms with Crippen LogP contribution in [0, 0.1) is 18.3 Å². The lowest BCUT2D eigenvalue weighted by Crippen LogP contribution is -2.04. The molecule has 5 nitrogen and oxygen atoms in total. The summed E-state index contributed by atoms with van der Waals surface area (Å²) in [4.78, 5) is 12.8. The topological polar surface area (TPSA) is 67.9 Å². The largest absolute Gasteiger partial charge is 0.496 e. The Balaban J connectivity index is 1.97. The summed E-state index contributed by atoms with van der Waals surface area (Å²) in [6.07, 6.45) is 1.49. The summed E-state index contributed by atoms with van der Waals surface area (Å²) in [6, 6.07) is 18.6. The molecule has 3 aromatic rings. The third kappa shape index (κ3) is 3.98. The predicted molar refractivity (Wildman–Crippen MR) is 108 cm³/mol. The standard InChI is InChI=1S/C22H18ClN3O2/c1-15-19(22(23)26(25-15)14-16-8-4-3-5-9-16)12-17(13-24)21(27)18-10-6-7-11-20(18)28-2/h3-12H,14H2,1-2H3/b17-12+. The fraction of sp³-hybridized carbons (Fsp3) is 0.136. The van der Waals surface area contributed by atoms with Gasteiger partial charge >= 0.3 is 0 Å². The number of methoxy groups -OCH3 is 1. The molecule has 0 aliphatic heterocycles. The van der Waals surface area contributed by atoms with Crippen LogP contribution < -0.4 is 4.74 Å². The second-order valence-electron chi connectivity index (χ2n) is 6.13. The molecule has 0 atom stereocenters. The van der Waals surface area contributed by atoms with Crippen molar-refractivity contribution in [3.8, 4) is 11.8 Å². The van der Waals surface area contributed by atoms with Crippen LogP contribution in [0.3, 0.4) is 0 Å². The lowest BCUT2D eigenvalue weighted by molar-refractivity contribution is 0.103. The molecule has 3 rings (SSSR count). The van der Waals surface area contributed by atoms with E-state index in [0.29, 0.717) is 34.3 Å². The fourth-order valence-electron chi connectivity index (χ4n) is 2.86. The highest BCUT2D eigenvalue weighted by molar-refractivity contribution is 6.31. The van der Waals surface area contributed by atoms with E-state index in [1.165, 1.54) is 13.2 Å². The Kier molecular flexibility index (Phi) is 5.93. The lowest BCUT2D eigenvalue weighted by atomic mass is 10.0. The first-order chi connectivity index (χ1) is 13.5. The number of benzene rings is 2. The summed E-state index contributed by atoms with van der Waals surface area (Å²) >= 11 is 6.50. The second kappa shape index (κ2) is 8.55. The van der Waals surface area contributed by atoms with Gasteiger partial charge in [-0.2, -0.15) is 10.4 Å². The van der Waals surface area contributed by atoms with E-state index < -0.39 is 5.78 Å². The van der Waals surface area contributed by atoms with Crippen molar-refractivity contribution in [3.63, 3.8) is 0 Å². The molecule has 0 aliphatic rings. The van der Waals surface area contributed by atoms with Crippen LogP contribution in [0.1, 0.15) is 27.2 Å². The summed E-state index contributed by atoms with van der Waals surface area (Å²) in [5.74, 6) is -0.0116. The molecule has 0 aliphatic carbocycles. The Morgan fingerprint density at radius 1 is 1.21 bits per heavy atom. The molecule has 28 heavy (non-hydrogen) atoms. The van der Waals surface area contributed by atoms with Gasteiger partial charge in [-0.25, -0.2) is 4.68 Å². The van der Waals surface area contributed by atoms with Crippen molar-refractivity contribution >= 4 is 23.5 Å². The van der Waals surface area contributed by atoms with E-state index in [0.717, 1.165) is 5.56 Å². The second-order valence-corrected chi connectivity index (χ2v) is 6.49. The molecule has 0 fully saturated rings. The summed E-state index contributed by atoms with van der Waals surface area (Å²) in [6.45, 7) is 2.29. The number of rotatable bonds is 6. The Labute approximate surface area is 168 Å². The molecule has 0 N–H and O–H groups in total. The molecule has 1 heterocycles. The first kappa shape index (κ1) is 19.4. The van der Waals surface area contributed by atoms with Gasteiger partial charge in [-0.15, -0.1) is 0 Å². The smallest absolute Gasteiger partial charge is 0.207 e. The maximum Gasteiger partial charge on any atom is 0.207 e. The number of para-hydroxylation sites is 1. The zero-order valence-electron chi connectivity index (χ0n) is 15.5. The number of hydrogen-bond acceptors (Lipinski definition) is 4. The van der Waals surface area contributed by atoms with E-state index in [1.54, 1.807) is 35.9 Å². The molecule has 0 bridgehead atoms. The van der Waals surface area contributed by atoms with Gasteiger partial charge in [0.2, 0.25) is 5.78 Å². The minimum atomic E-state index is -0.425. The zero-order valence-corrected chi connectivity index (χ0v) is 16.3. The molecule has 6 heteroatoms. The van der Waals surface area contributed by atoms with Crippen molar-refractivity contribution in [2.45, 2.75) is 13.5 Å². The molecule has 140 valence electrons. The SMILES string of the molecule is COc1ccccc1C(=O)/C(C#N)=C/c1c(C)nn(Cc2ccccc2)c1Cl. The number of carbonyl (C=O) groups excluding carboxylic acids is 1. The average molecular weight is 392 g/mol. The van der Waals surface area contributed by atoms with Gasteiger partial charge in [0.25, 0.3) is 0 Å². The number of ether oxygens (including phenoxy) is 1. The molecule has 2 aromatic carbocycles. The number of allylic oxidation sites excluding steroid dienone is 1. The molecule has 0 radical (unpaired) electrons. The van der Waals surface area contributed by atoms with E-state index in [1.807, 2.05) is 36.4 Å². The molecular formula is C22H18ClN3O2. The minimum absolute atomic E-state index is 0.0336. The number of aryl methyl sites for hydroxylation is 1. The van der Waals surface area contributed by atoms with Gasteiger partial charge in [0, 0.05) is 5.56 Å². The fourth-order valence-corrected chi connectivity index (χ4v) is 3.15. The maximum atomic E-state index is 12.8. The summed E-state index contributed by atoms with van der Waals surface area (Å²) in [7, 11) is 1.48. The highest BCUT2D eigenvalue weighted by Gasteiger charge is 2.19. The number of carbonyl (C=O) groups is 1. The normalized spacial score (nSPS) is 11.1. The Morgan fingerprint density at radius 2 is 1.89 bits per heavy atom. The zero-order chi connectivity index (χ0) is 20.1. The van der Waals surface area contributed by atoms with Crippen molar-refractivity contribution in [1.29, 1.82) is 5.26 Å². The number of Topliss-reactive ketones (excluding diaryl/α,β-unsaturated/α-hetero) is 1. The van der Waals surface area contributed by atoms with Crippen molar-refractivity contribution < 1.29 is 9.53 Å². The van der Waals surface area contributed by atoms with E-state index in [-0.39, 0.29) is 5.57 Å². The molecule has 0 unspecified atom stereocenters. The van der Waals surface area contributed by atoms with E-state index in [4.69, 9.17) is 16.3 Å².